The number of aryl methyl sites for hydroxylation is 1. The third kappa shape index (κ3) is 3.42. The first-order valence-corrected chi connectivity index (χ1v) is 12.8. The molecule has 36 heavy (non-hydrogen) atoms. The molecule has 186 valence electrons. The Bertz CT molecular complexity index is 1320. The first kappa shape index (κ1) is 21.9. The zero-order chi connectivity index (χ0) is 24.3. The van der Waals surface area contributed by atoms with Crippen LogP contribution in [0.3, 0.4) is 0 Å². The van der Waals surface area contributed by atoms with Crippen LogP contribution in [0.15, 0.2) is 40.2 Å². The molecule has 0 saturated carbocycles. The second-order valence-electron chi connectivity index (χ2n) is 10.3. The molecule has 0 aliphatic carbocycles. The zero-order valence-corrected chi connectivity index (χ0v) is 20.4. The van der Waals surface area contributed by atoms with E-state index in [1.165, 1.54) is 0 Å². The van der Waals surface area contributed by atoms with E-state index in [9.17, 15) is 0 Å². The van der Waals surface area contributed by atoms with Crippen LogP contribution >= 0.6 is 0 Å². The van der Waals surface area contributed by atoms with Crippen LogP contribution in [0, 0.1) is 5.41 Å². The lowest BCUT2D eigenvalue weighted by Crippen LogP contribution is -2.50. The fourth-order valence-corrected chi connectivity index (χ4v) is 6.10. The lowest BCUT2D eigenvalue weighted by Gasteiger charge is -2.41. The van der Waals surface area contributed by atoms with Crippen molar-refractivity contribution in [3.63, 3.8) is 0 Å². The highest BCUT2D eigenvalue weighted by molar-refractivity contribution is 6.11. The molecular formula is C26H30N8O2. The molecule has 0 amide bonds. The summed E-state index contributed by atoms with van der Waals surface area (Å²) in [7, 11) is 0. The monoisotopic (exact) mass is 486 g/mol. The van der Waals surface area contributed by atoms with E-state index >= 15 is 0 Å². The Balaban J connectivity index is 1.10. The molecule has 1 spiro atoms. The van der Waals surface area contributed by atoms with E-state index in [4.69, 9.17) is 34.8 Å². The van der Waals surface area contributed by atoms with Crippen molar-refractivity contribution in [2.75, 3.05) is 36.0 Å². The highest BCUT2D eigenvalue weighted by Gasteiger charge is 2.47. The number of anilines is 2. The fraction of sp³-hybridized carbons (Fsp3) is 0.500. The van der Waals surface area contributed by atoms with Crippen molar-refractivity contribution in [3.8, 4) is 11.6 Å². The predicted molar refractivity (Wildman–Crippen MR) is 135 cm³/mol. The molecule has 3 aromatic rings. The van der Waals surface area contributed by atoms with Gasteiger partial charge in [0.2, 0.25) is 5.89 Å². The number of rotatable bonds is 2. The van der Waals surface area contributed by atoms with Crippen LogP contribution in [0.1, 0.15) is 43.3 Å². The highest BCUT2D eigenvalue weighted by atomic mass is 16.5. The van der Waals surface area contributed by atoms with Gasteiger partial charge < -0.3 is 24.7 Å². The summed E-state index contributed by atoms with van der Waals surface area (Å²) in [6, 6.07) is 4.15. The van der Waals surface area contributed by atoms with Gasteiger partial charge in [-0.15, -0.1) is 0 Å². The van der Waals surface area contributed by atoms with Crippen molar-refractivity contribution < 1.29 is 9.15 Å². The van der Waals surface area contributed by atoms with E-state index in [0.29, 0.717) is 12.4 Å². The van der Waals surface area contributed by atoms with Gasteiger partial charge in [0.05, 0.1) is 48.7 Å². The van der Waals surface area contributed by atoms with Gasteiger partial charge in [-0.25, -0.2) is 19.9 Å². The van der Waals surface area contributed by atoms with Crippen molar-refractivity contribution in [2.45, 2.75) is 51.3 Å². The minimum Gasteiger partial charge on any atom is -0.443 e. The van der Waals surface area contributed by atoms with E-state index < -0.39 is 0 Å². The molecular weight excluding hydrogens is 456 g/mol. The molecule has 2 fully saturated rings. The summed E-state index contributed by atoms with van der Waals surface area (Å²) >= 11 is 0. The third-order valence-corrected chi connectivity index (χ3v) is 8.30. The molecule has 0 aromatic carbocycles. The van der Waals surface area contributed by atoms with Gasteiger partial charge >= 0.3 is 0 Å². The number of oxazole rings is 1. The van der Waals surface area contributed by atoms with Gasteiger partial charge in [-0.05, 0) is 44.7 Å². The standard InChI is InChI=1S/C26H30N8O2/c1-16-23(27)26(15-36-16)6-10-33(11-7-26)21-14-29-22-19(32-21)13-30-24(22)34-9-2-3-17-20(34)5-4-18(31-17)25-28-8-12-35-25/h4-5,8,12,14,16,23H,2-3,6-7,9-11,13,15,27H2,1H3/t16-,23+/m0/s1. The largest absolute Gasteiger partial charge is 0.443 e. The highest BCUT2D eigenvalue weighted by Crippen LogP contribution is 2.42. The van der Waals surface area contributed by atoms with Crippen LogP contribution in [-0.2, 0) is 17.7 Å². The lowest BCUT2D eigenvalue weighted by atomic mass is 9.73. The molecule has 2 saturated heterocycles. The Hall–Kier alpha value is -3.37. The Kier molecular flexibility index (Phi) is 5.07. The predicted octanol–water partition coefficient (Wildman–Crippen LogP) is 2.57. The molecule has 7 rings (SSSR count). The van der Waals surface area contributed by atoms with Gasteiger partial charge in [0.1, 0.15) is 23.5 Å². The van der Waals surface area contributed by atoms with Crippen LogP contribution < -0.4 is 15.5 Å². The van der Waals surface area contributed by atoms with Gasteiger partial charge in [0, 0.05) is 31.1 Å². The van der Waals surface area contributed by atoms with Crippen LogP contribution in [0.25, 0.3) is 11.6 Å². The molecule has 0 bridgehead atoms. The molecule has 7 heterocycles. The number of aliphatic imine (C=N–C) groups is 1. The van der Waals surface area contributed by atoms with Gasteiger partial charge in [0.25, 0.3) is 0 Å². The van der Waals surface area contributed by atoms with E-state index in [1.807, 2.05) is 12.3 Å². The smallest absolute Gasteiger partial charge is 0.244 e. The van der Waals surface area contributed by atoms with E-state index in [2.05, 4.69) is 27.8 Å². The zero-order valence-electron chi connectivity index (χ0n) is 20.4. The van der Waals surface area contributed by atoms with Gasteiger partial charge in [-0.1, -0.05) is 0 Å². The van der Waals surface area contributed by atoms with E-state index in [-0.39, 0.29) is 17.6 Å². The van der Waals surface area contributed by atoms with Crippen molar-refractivity contribution in [3.05, 3.63) is 47.9 Å². The van der Waals surface area contributed by atoms with Crippen LogP contribution in [-0.4, -0.2) is 64.2 Å². The number of nitrogens with two attached hydrogens (primary N) is 1. The van der Waals surface area contributed by atoms with Crippen molar-refractivity contribution in [1.82, 2.24) is 19.9 Å². The van der Waals surface area contributed by atoms with Crippen LogP contribution in [0.5, 0.6) is 0 Å². The molecule has 2 N–H and O–H groups in total. The van der Waals surface area contributed by atoms with Gasteiger partial charge in [-0.2, -0.15) is 0 Å². The molecule has 4 aliphatic rings. The Morgan fingerprint density at radius 2 is 1.97 bits per heavy atom. The summed E-state index contributed by atoms with van der Waals surface area (Å²) in [5.41, 5.74) is 11.3. The molecule has 10 heteroatoms. The summed E-state index contributed by atoms with van der Waals surface area (Å²) in [6.07, 6.45) is 9.19. The Morgan fingerprint density at radius 1 is 1.08 bits per heavy atom. The number of hydrogen-bond donors (Lipinski definition) is 1. The second-order valence-corrected chi connectivity index (χ2v) is 10.3. The average molecular weight is 487 g/mol. The number of amidine groups is 1. The molecule has 0 radical (unpaired) electrons. The first-order valence-electron chi connectivity index (χ1n) is 12.8. The first-order chi connectivity index (χ1) is 17.6. The maximum Gasteiger partial charge on any atom is 0.244 e. The molecule has 0 unspecified atom stereocenters. The second kappa shape index (κ2) is 8.35. The quantitative estimate of drug-likeness (QED) is 0.583. The number of pyridine rings is 1. The summed E-state index contributed by atoms with van der Waals surface area (Å²) in [5, 5.41) is 0. The van der Waals surface area contributed by atoms with Gasteiger partial charge in [-0.3, -0.25) is 4.99 Å². The van der Waals surface area contributed by atoms with Gasteiger partial charge in [0.15, 0.2) is 5.84 Å². The SMILES string of the molecule is C[C@@H]1OCC2(CCN(c3cnc4c(n3)CN=C4N3CCCc4nc(-c5ncco5)ccc43)CC2)[C@@H]1N. The van der Waals surface area contributed by atoms with E-state index in [1.54, 1.807) is 12.5 Å². The van der Waals surface area contributed by atoms with Crippen LogP contribution in [0.4, 0.5) is 11.5 Å². The lowest BCUT2D eigenvalue weighted by molar-refractivity contribution is 0.0974. The summed E-state index contributed by atoms with van der Waals surface area (Å²) < 4.78 is 11.3. The maximum absolute atomic E-state index is 6.50. The van der Waals surface area contributed by atoms with Crippen molar-refractivity contribution >= 4 is 17.3 Å². The topological polar surface area (TPSA) is 119 Å². The Labute approximate surface area is 209 Å². The molecule has 4 aliphatic heterocycles. The minimum absolute atomic E-state index is 0.0961. The number of nitrogens with zero attached hydrogens (tertiary/aromatic N) is 7. The number of piperidine rings is 1. The molecule has 3 aromatic heterocycles. The van der Waals surface area contributed by atoms with Crippen molar-refractivity contribution in [2.24, 2.45) is 16.1 Å². The third-order valence-electron chi connectivity index (χ3n) is 8.30. The van der Waals surface area contributed by atoms with E-state index in [0.717, 1.165) is 92.0 Å². The Morgan fingerprint density at radius 3 is 2.75 bits per heavy atom. The summed E-state index contributed by atoms with van der Waals surface area (Å²) in [4.78, 5) is 28.4. The summed E-state index contributed by atoms with van der Waals surface area (Å²) in [5.74, 6) is 2.35. The van der Waals surface area contributed by atoms with Crippen LogP contribution in [0.2, 0.25) is 0 Å². The normalized spacial score (nSPS) is 24.7. The molecule has 2 atom stereocenters. The number of hydrogen-bond acceptors (Lipinski definition) is 10. The number of aromatic nitrogens is 4. The number of fused-ring (bicyclic) bond motifs is 2. The van der Waals surface area contributed by atoms with Crippen molar-refractivity contribution in [1.29, 1.82) is 0 Å². The minimum atomic E-state index is 0.0961. The number of ether oxygens (including phenoxy) is 1. The summed E-state index contributed by atoms with van der Waals surface area (Å²) in [6.45, 7) is 6.12. The average Bonchev–Trinajstić information content (AvgIpc) is 3.66. The maximum atomic E-state index is 6.50. The molecule has 10 nitrogen and oxygen atoms in total. The fourth-order valence-electron chi connectivity index (χ4n) is 6.10.